The second kappa shape index (κ2) is 13.0. The molecule has 0 radical (unpaired) electrons. The van der Waals surface area contributed by atoms with Crippen LogP contribution in [0.3, 0.4) is 0 Å². The molecule has 1 aliphatic heterocycles. The lowest BCUT2D eigenvalue weighted by Crippen LogP contribution is -2.47. The first-order valence-corrected chi connectivity index (χ1v) is 13.3. The number of amides is 2. The van der Waals surface area contributed by atoms with Crippen molar-refractivity contribution in [3.05, 3.63) is 100 Å². The summed E-state index contributed by atoms with van der Waals surface area (Å²) in [5, 5.41) is 0.604. The van der Waals surface area contributed by atoms with Crippen molar-refractivity contribution in [2.75, 3.05) is 31.1 Å². The SMILES string of the molecule is CC(=O)N1CCCN(Cc2ccc(F)cc2)CCN(C(=O)[C@@H](N)Cc2cccc(Cl)c2)Cc2ccccc21. The summed E-state index contributed by atoms with van der Waals surface area (Å²) < 4.78 is 13.5. The molecule has 2 amide bonds. The molecule has 4 rings (SSSR count). The smallest absolute Gasteiger partial charge is 0.240 e. The van der Waals surface area contributed by atoms with E-state index in [1.807, 2.05) is 42.5 Å². The van der Waals surface area contributed by atoms with E-state index in [9.17, 15) is 14.0 Å². The molecule has 1 atom stereocenters. The normalized spacial score (nSPS) is 15.9. The van der Waals surface area contributed by atoms with Crippen LogP contribution in [0.15, 0.2) is 72.8 Å². The number of carbonyl (C=O) groups is 2. The Labute approximate surface area is 228 Å². The first-order chi connectivity index (χ1) is 18.3. The van der Waals surface area contributed by atoms with Gasteiger partial charge < -0.3 is 15.5 Å². The van der Waals surface area contributed by atoms with Crippen molar-refractivity contribution >= 4 is 29.1 Å². The second-order valence-electron chi connectivity index (χ2n) is 9.76. The number of nitrogens with two attached hydrogens (primary N) is 1. The topological polar surface area (TPSA) is 69.9 Å². The summed E-state index contributed by atoms with van der Waals surface area (Å²) >= 11 is 6.14. The molecular formula is C30H34ClFN4O2. The molecule has 38 heavy (non-hydrogen) atoms. The Bertz CT molecular complexity index is 1250. The van der Waals surface area contributed by atoms with Gasteiger partial charge in [0.1, 0.15) is 5.82 Å². The molecule has 8 heteroatoms. The summed E-state index contributed by atoms with van der Waals surface area (Å²) in [5.41, 5.74) is 10.0. The maximum atomic E-state index is 13.7. The minimum absolute atomic E-state index is 0.0442. The van der Waals surface area contributed by atoms with Crippen molar-refractivity contribution in [1.82, 2.24) is 9.80 Å². The van der Waals surface area contributed by atoms with Gasteiger partial charge in [-0.15, -0.1) is 0 Å². The van der Waals surface area contributed by atoms with Gasteiger partial charge in [0.05, 0.1) is 6.04 Å². The van der Waals surface area contributed by atoms with Crippen molar-refractivity contribution in [1.29, 1.82) is 0 Å². The Balaban J connectivity index is 1.60. The summed E-state index contributed by atoms with van der Waals surface area (Å²) in [7, 11) is 0. The number of carbonyl (C=O) groups excluding carboxylic acids is 2. The highest BCUT2D eigenvalue weighted by Crippen LogP contribution is 2.24. The zero-order valence-electron chi connectivity index (χ0n) is 21.7. The van der Waals surface area contributed by atoms with E-state index in [4.69, 9.17) is 17.3 Å². The quantitative estimate of drug-likeness (QED) is 0.516. The van der Waals surface area contributed by atoms with Crippen LogP contribution >= 0.6 is 11.6 Å². The maximum Gasteiger partial charge on any atom is 0.240 e. The van der Waals surface area contributed by atoms with Gasteiger partial charge in [-0.25, -0.2) is 4.39 Å². The van der Waals surface area contributed by atoms with Crippen LogP contribution in [0, 0.1) is 5.82 Å². The molecular weight excluding hydrogens is 503 g/mol. The zero-order chi connectivity index (χ0) is 27.1. The van der Waals surface area contributed by atoms with Gasteiger partial charge in [0, 0.05) is 56.9 Å². The van der Waals surface area contributed by atoms with Crippen LogP contribution in [0.1, 0.15) is 30.0 Å². The molecule has 0 aromatic heterocycles. The zero-order valence-corrected chi connectivity index (χ0v) is 22.4. The number of hydrogen-bond acceptors (Lipinski definition) is 4. The molecule has 1 aliphatic rings. The molecule has 6 nitrogen and oxygen atoms in total. The largest absolute Gasteiger partial charge is 0.336 e. The second-order valence-corrected chi connectivity index (χ2v) is 10.2. The number of fused-ring (bicyclic) bond motifs is 1. The van der Waals surface area contributed by atoms with Crippen LogP contribution in [-0.4, -0.2) is 53.8 Å². The van der Waals surface area contributed by atoms with Gasteiger partial charge >= 0.3 is 0 Å². The van der Waals surface area contributed by atoms with Crippen molar-refractivity contribution in [3.63, 3.8) is 0 Å². The molecule has 0 spiro atoms. The Morgan fingerprint density at radius 1 is 0.947 bits per heavy atom. The Morgan fingerprint density at radius 2 is 1.71 bits per heavy atom. The molecule has 0 unspecified atom stereocenters. The van der Waals surface area contributed by atoms with Crippen molar-refractivity contribution in [2.24, 2.45) is 5.73 Å². The van der Waals surface area contributed by atoms with Crippen molar-refractivity contribution in [3.8, 4) is 0 Å². The highest BCUT2D eigenvalue weighted by molar-refractivity contribution is 6.30. The van der Waals surface area contributed by atoms with E-state index in [0.29, 0.717) is 44.2 Å². The number of anilines is 1. The number of rotatable bonds is 5. The first-order valence-electron chi connectivity index (χ1n) is 12.9. The van der Waals surface area contributed by atoms with Gasteiger partial charge in [0.15, 0.2) is 0 Å². The highest BCUT2D eigenvalue weighted by atomic mass is 35.5. The minimum Gasteiger partial charge on any atom is -0.336 e. The van der Waals surface area contributed by atoms with E-state index >= 15 is 0 Å². The van der Waals surface area contributed by atoms with Crippen LogP contribution in [0.2, 0.25) is 5.02 Å². The average molecular weight is 537 g/mol. The molecule has 0 aliphatic carbocycles. The van der Waals surface area contributed by atoms with Gasteiger partial charge in [-0.3, -0.25) is 14.5 Å². The van der Waals surface area contributed by atoms with E-state index in [0.717, 1.165) is 35.3 Å². The molecule has 3 aromatic rings. The minimum atomic E-state index is -0.736. The van der Waals surface area contributed by atoms with Crippen molar-refractivity contribution in [2.45, 2.75) is 38.9 Å². The van der Waals surface area contributed by atoms with E-state index in [1.54, 1.807) is 34.9 Å². The number of benzene rings is 3. The Kier molecular flexibility index (Phi) is 9.50. The molecule has 0 bridgehead atoms. The third kappa shape index (κ3) is 7.40. The van der Waals surface area contributed by atoms with E-state index in [2.05, 4.69) is 4.90 Å². The lowest BCUT2D eigenvalue weighted by molar-refractivity contribution is -0.133. The number of para-hydroxylation sites is 1. The molecule has 3 aromatic carbocycles. The fourth-order valence-corrected chi connectivity index (χ4v) is 5.11. The van der Waals surface area contributed by atoms with Gasteiger partial charge in [-0.1, -0.05) is 54.1 Å². The summed E-state index contributed by atoms with van der Waals surface area (Å²) in [6, 6.07) is 20.8. The third-order valence-corrected chi connectivity index (χ3v) is 7.09. The lowest BCUT2D eigenvalue weighted by atomic mass is 10.0. The third-order valence-electron chi connectivity index (χ3n) is 6.86. The van der Waals surface area contributed by atoms with Crippen LogP contribution in [-0.2, 0) is 29.1 Å². The van der Waals surface area contributed by atoms with E-state index < -0.39 is 6.04 Å². The van der Waals surface area contributed by atoms with Gasteiger partial charge in [0.2, 0.25) is 11.8 Å². The monoisotopic (exact) mass is 536 g/mol. The number of halogens is 2. The maximum absolute atomic E-state index is 13.7. The Morgan fingerprint density at radius 3 is 2.45 bits per heavy atom. The molecule has 200 valence electrons. The standard InChI is InChI=1S/C30H34ClFN4O2/c1-22(37)36-15-5-14-34(20-23-10-12-27(32)13-11-23)16-17-35(21-25-7-2-3-9-29(25)36)30(38)28(33)19-24-6-4-8-26(31)18-24/h2-4,6-13,18,28H,5,14-17,19-21,33H2,1H3/t28-/m0/s1. The molecule has 0 fully saturated rings. The fourth-order valence-electron chi connectivity index (χ4n) is 4.90. The van der Waals surface area contributed by atoms with E-state index in [-0.39, 0.29) is 17.6 Å². The average Bonchev–Trinajstić information content (AvgIpc) is 2.92. The molecule has 2 N–H and O–H groups in total. The molecule has 0 saturated heterocycles. The van der Waals surface area contributed by atoms with Crippen LogP contribution in [0.25, 0.3) is 0 Å². The molecule has 1 heterocycles. The van der Waals surface area contributed by atoms with Gasteiger partial charge in [-0.05, 0) is 59.9 Å². The van der Waals surface area contributed by atoms with E-state index in [1.165, 1.54) is 12.1 Å². The summed E-state index contributed by atoms with van der Waals surface area (Å²) in [6.07, 6.45) is 1.13. The van der Waals surface area contributed by atoms with Crippen LogP contribution < -0.4 is 10.6 Å². The molecule has 0 saturated carbocycles. The fraction of sp³-hybridized carbons (Fsp3) is 0.333. The summed E-state index contributed by atoms with van der Waals surface area (Å²) in [6.45, 7) is 4.90. The summed E-state index contributed by atoms with van der Waals surface area (Å²) in [4.78, 5) is 32.1. The Hall–Kier alpha value is -3.26. The van der Waals surface area contributed by atoms with Gasteiger partial charge in [-0.2, -0.15) is 0 Å². The van der Waals surface area contributed by atoms with Crippen LogP contribution in [0.5, 0.6) is 0 Å². The number of hydrogen-bond donors (Lipinski definition) is 1. The first kappa shape index (κ1) is 27.8. The predicted octanol–water partition coefficient (Wildman–Crippen LogP) is 4.64. The lowest BCUT2D eigenvalue weighted by Gasteiger charge is -2.30. The van der Waals surface area contributed by atoms with Gasteiger partial charge in [0.25, 0.3) is 0 Å². The number of nitrogens with zero attached hydrogens (tertiary/aromatic N) is 3. The summed E-state index contributed by atoms with van der Waals surface area (Å²) in [5.74, 6) is -0.473. The van der Waals surface area contributed by atoms with Crippen molar-refractivity contribution < 1.29 is 14.0 Å². The van der Waals surface area contributed by atoms with Crippen LogP contribution in [0.4, 0.5) is 10.1 Å². The predicted molar refractivity (Wildman–Crippen MR) is 149 cm³/mol. The highest BCUT2D eigenvalue weighted by Gasteiger charge is 2.25.